The number of carbonyl (C=O) groups is 1. The van der Waals surface area contributed by atoms with Crippen LogP contribution >= 0.6 is 0 Å². The standard InChI is InChI=1S/C16H22O3/c1-4-19-14-12(3)11(2)7-8-13(14)16(15(17)18)9-5-6-10-16/h7-8H,4-6,9-10H2,1-3H3,(H,17,18). The van der Waals surface area contributed by atoms with Crippen LogP contribution in [-0.4, -0.2) is 17.7 Å². The van der Waals surface area contributed by atoms with Gasteiger partial charge in [-0.3, -0.25) is 4.79 Å². The van der Waals surface area contributed by atoms with E-state index >= 15 is 0 Å². The maximum atomic E-state index is 11.8. The van der Waals surface area contributed by atoms with Gasteiger partial charge in [-0.2, -0.15) is 0 Å². The predicted octanol–water partition coefficient (Wildman–Crippen LogP) is 3.60. The van der Waals surface area contributed by atoms with Crippen LogP contribution in [-0.2, 0) is 10.2 Å². The molecule has 1 aromatic carbocycles. The summed E-state index contributed by atoms with van der Waals surface area (Å²) in [4.78, 5) is 11.8. The van der Waals surface area contributed by atoms with Gasteiger partial charge in [0.1, 0.15) is 5.75 Å². The maximum Gasteiger partial charge on any atom is 0.314 e. The van der Waals surface area contributed by atoms with Crippen molar-refractivity contribution < 1.29 is 14.6 Å². The van der Waals surface area contributed by atoms with Crippen molar-refractivity contribution in [1.82, 2.24) is 0 Å². The van der Waals surface area contributed by atoms with Crippen LogP contribution < -0.4 is 4.74 Å². The third-order valence-corrected chi connectivity index (χ3v) is 4.35. The van der Waals surface area contributed by atoms with E-state index in [9.17, 15) is 9.90 Å². The summed E-state index contributed by atoms with van der Waals surface area (Å²) in [5.74, 6) is 0.0704. The lowest BCUT2D eigenvalue weighted by atomic mass is 9.77. The summed E-state index contributed by atoms with van der Waals surface area (Å²) in [6.45, 7) is 6.54. The first-order valence-corrected chi connectivity index (χ1v) is 7.00. The number of carboxylic acids is 1. The van der Waals surface area contributed by atoms with Gasteiger partial charge in [0.15, 0.2) is 0 Å². The molecule has 2 rings (SSSR count). The quantitative estimate of drug-likeness (QED) is 0.901. The first-order valence-electron chi connectivity index (χ1n) is 7.00. The van der Waals surface area contributed by atoms with E-state index in [-0.39, 0.29) is 0 Å². The molecule has 3 heteroatoms. The SMILES string of the molecule is CCOc1c(C2(C(=O)O)CCCC2)ccc(C)c1C. The van der Waals surface area contributed by atoms with Gasteiger partial charge in [0.25, 0.3) is 0 Å². The number of aliphatic carboxylic acids is 1. The number of benzene rings is 1. The first kappa shape index (κ1) is 13.9. The second-order valence-corrected chi connectivity index (χ2v) is 5.41. The Morgan fingerprint density at radius 2 is 1.95 bits per heavy atom. The second kappa shape index (κ2) is 5.24. The van der Waals surface area contributed by atoms with E-state index in [4.69, 9.17) is 4.74 Å². The van der Waals surface area contributed by atoms with Gasteiger partial charge in [0.2, 0.25) is 0 Å². The van der Waals surface area contributed by atoms with E-state index in [2.05, 4.69) is 0 Å². The molecule has 1 N–H and O–H groups in total. The van der Waals surface area contributed by atoms with Crippen molar-refractivity contribution in [2.45, 2.75) is 51.9 Å². The van der Waals surface area contributed by atoms with Gasteiger partial charge >= 0.3 is 5.97 Å². The Balaban J connectivity index is 2.60. The van der Waals surface area contributed by atoms with Crippen LogP contribution in [0.4, 0.5) is 0 Å². The minimum absolute atomic E-state index is 0.562. The lowest BCUT2D eigenvalue weighted by Gasteiger charge is -2.28. The first-order chi connectivity index (χ1) is 9.03. The number of ether oxygens (including phenoxy) is 1. The van der Waals surface area contributed by atoms with Gasteiger partial charge in [-0.1, -0.05) is 25.0 Å². The predicted molar refractivity (Wildman–Crippen MR) is 74.9 cm³/mol. The summed E-state index contributed by atoms with van der Waals surface area (Å²) in [6.07, 6.45) is 3.38. The fraction of sp³-hybridized carbons (Fsp3) is 0.562. The highest BCUT2D eigenvalue weighted by Crippen LogP contribution is 2.46. The molecular weight excluding hydrogens is 240 g/mol. The molecule has 1 aliphatic rings. The van der Waals surface area contributed by atoms with Gasteiger partial charge in [0, 0.05) is 5.56 Å². The zero-order valence-electron chi connectivity index (χ0n) is 12.0. The van der Waals surface area contributed by atoms with Gasteiger partial charge in [0.05, 0.1) is 12.0 Å². The molecule has 19 heavy (non-hydrogen) atoms. The monoisotopic (exact) mass is 262 g/mol. The van der Waals surface area contributed by atoms with Crippen LogP contribution in [0.3, 0.4) is 0 Å². The van der Waals surface area contributed by atoms with Crippen LogP contribution in [0.15, 0.2) is 12.1 Å². The summed E-state index contributed by atoms with van der Waals surface area (Å²) in [6, 6.07) is 3.96. The van der Waals surface area contributed by atoms with E-state index in [0.717, 1.165) is 35.3 Å². The summed E-state index contributed by atoms with van der Waals surface area (Å²) >= 11 is 0. The molecule has 0 aliphatic heterocycles. The smallest absolute Gasteiger partial charge is 0.314 e. The van der Waals surface area contributed by atoms with E-state index in [1.165, 1.54) is 0 Å². The highest BCUT2D eigenvalue weighted by atomic mass is 16.5. The van der Waals surface area contributed by atoms with Crippen molar-refractivity contribution in [3.63, 3.8) is 0 Å². The Labute approximate surface area is 114 Å². The van der Waals surface area contributed by atoms with Gasteiger partial charge in [-0.05, 0) is 44.7 Å². The minimum atomic E-state index is -0.747. The largest absolute Gasteiger partial charge is 0.493 e. The molecule has 0 atom stereocenters. The highest BCUT2D eigenvalue weighted by Gasteiger charge is 2.45. The Morgan fingerprint density at radius 3 is 2.47 bits per heavy atom. The van der Waals surface area contributed by atoms with E-state index < -0.39 is 11.4 Å². The molecule has 104 valence electrons. The third-order valence-electron chi connectivity index (χ3n) is 4.35. The molecule has 1 aromatic rings. The number of hydrogen-bond donors (Lipinski definition) is 1. The zero-order valence-corrected chi connectivity index (χ0v) is 12.0. The van der Waals surface area contributed by atoms with Crippen LogP contribution in [0.1, 0.15) is 49.3 Å². The Morgan fingerprint density at radius 1 is 1.32 bits per heavy atom. The molecule has 0 unspecified atom stereocenters. The second-order valence-electron chi connectivity index (χ2n) is 5.41. The van der Waals surface area contributed by atoms with E-state index in [0.29, 0.717) is 19.4 Å². The number of rotatable bonds is 4. The molecule has 0 spiro atoms. The van der Waals surface area contributed by atoms with Crippen molar-refractivity contribution in [2.75, 3.05) is 6.61 Å². The van der Waals surface area contributed by atoms with Gasteiger partial charge in [-0.25, -0.2) is 0 Å². The summed E-state index contributed by atoms with van der Waals surface area (Å²) in [5.41, 5.74) is 2.32. The normalized spacial score (nSPS) is 17.4. The highest BCUT2D eigenvalue weighted by molar-refractivity contribution is 5.83. The van der Waals surface area contributed by atoms with Crippen LogP contribution in [0.5, 0.6) is 5.75 Å². The van der Waals surface area contributed by atoms with E-state index in [1.807, 2.05) is 32.9 Å². The Kier molecular flexibility index (Phi) is 3.83. The van der Waals surface area contributed by atoms with Crippen molar-refractivity contribution >= 4 is 5.97 Å². The molecule has 3 nitrogen and oxygen atoms in total. The van der Waals surface area contributed by atoms with Crippen molar-refractivity contribution in [3.05, 3.63) is 28.8 Å². The molecule has 0 bridgehead atoms. The van der Waals surface area contributed by atoms with Crippen molar-refractivity contribution in [1.29, 1.82) is 0 Å². The van der Waals surface area contributed by atoms with E-state index in [1.54, 1.807) is 0 Å². The zero-order chi connectivity index (χ0) is 14.0. The summed E-state index contributed by atoms with van der Waals surface area (Å²) < 4.78 is 5.77. The molecule has 1 aliphatic carbocycles. The Hall–Kier alpha value is -1.51. The molecule has 1 saturated carbocycles. The van der Waals surface area contributed by atoms with Crippen molar-refractivity contribution in [2.24, 2.45) is 0 Å². The molecule has 1 fully saturated rings. The van der Waals surface area contributed by atoms with Gasteiger partial charge < -0.3 is 9.84 Å². The maximum absolute atomic E-state index is 11.8. The lowest BCUT2D eigenvalue weighted by molar-refractivity contribution is -0.143. The summed E-state index contributed by atoms with van der Waals surface area (Å²) in [7, 11) is 0. The third kappa shape index (κ3) is 2.22. The van der Waals surface area contributed by atoms with Crippen molar-refractivity contribution in [3.8, 4) is 5.75 Å². The summed E-state index contributed by atoms with van der Waals surface area (Å²) in [5, 5.41) is 9.71. The van der Waals surface area contributed by atoms with Crippen LogP contribution in [0.2, 0.25) is 0 Å². The van der Waals surface area contributed by atoms with Crippen LogP contribution in [0.25, 0.3) is 0 Å². The lowest BCUT2D eigenvalue weighted by Crippen LogP contribution is -2.33. The van der Waals surface area contributed by atoms with Gasteiger partial charge in [-0.15, -0.1) is 0 Å². The fourth-order valence-electron chi connectivity index (χ4n) is 3.07. The average molecular weight is 262 g/mol. The molecule has 0 amide bonds. The molecule has 0 saturated heterocycles. The van der Waals surface area contributed by atoms with Crippen LogP contribution in [0, 0.1) is 13.8 Å². The minimum Gasteiger partial charge on any atom is -0.493 e. The molecular formula is C16H22O3. The number of aryl methyl sites for hydroxylation is 1. The Bertz CT molecular complexity index is 485. The fourth-order valence-corrected chi connectivity index (χ4v) is 3.07. The average Bonchev–Trinajstić information content (AvgIpc) is 2.86. The molecule has 0 heterocycles. The number of hydrogen-bond acceptors (Lipinski definition) is 2. The topological polar surface area (TPSA) is 46.5 Å². The number of carboxylic acid groups (broad SMARTS) is 1. The molecule has 0 aromatic heterocycles. The molecule has 0 radical (unpaired) electrons.